The molecular weight excluding hydrogens is 395 g/mol. The predicted molar refractivity (Wildman–Crippen MR) is 97.4 cm³/mol. The average Bonchev–Trinajstić information content (AvgIpc) is 2.98. The fraction of sp³-hybridized carbons (Fsp3) is 0.250. The van der Waals surface area contributed by atoms with E-state index in [-0.39, 0.29) is 24.2 Å². The zero-order valence-corrected chi connectivity index (χ0v) is 15.1. The van der Waals surface area contributed by atoms with Crippen LogP contribution in [0.5, 0.6) is 0 Å². The van der Waals surface area contributed by atoms with E-state index in [2.05, 4.69) is 11.8 Å². The van der Waals surface area contributed by atoms with Crippen LogP contribution < -0.4 is 0 Å². The van der Waals surface area contributed by atoms with Crippen molar-refractivity contribution in [3.05, 3.63) is 58.6 Å². The lowest BCUT2D eigenvalue weighted by Gasteiger charge is -2.14. The molecule has 1 unspecified atom stereocenters. The van der Waals surface area contributed by atoms with Crippen LogP contribution in [0.3, 0.4) is 0 Å². The number of carbonyl (C=O) groups excluding carboxylic acids is 1. The van der Waals surface area contributed by atoms with Crippen molar-refractivity contribution in [2.75, 3.05) is 13.1 Å². The maximum absolute atomic E-state index is 13.5. The molecule has 2 aromatic carbocycles. The first-order valence-corrected chi connectivity index (χ1v) is 8.67. The number of amides is 1. The monoisotopic (exact) mass is 409 g/mol. The van der Waals surface area contributed by atoms with Crippen molar-refractivity contribution in [1.29, 1.82) is 0 Å². The Balaban J connectivity index is 1.90. The van der Waals surface area contributed by atoms with Gasteiger partial charge in [-0.1, -0.05) is 35.7 Å². The van der Waals surface area contributed by atoms with Crippen LogP contribution in [0.1, 0.15) is 11.1 Å². The quantitative estimate of drug-likeness (QED) is 0.712. The standard InChI is InChI=1S/C20H15ClF3NO3/c21-14-5-3-13(4-6-14)15-7-1-12(9-16(15)20(22,23)24)2-8-19(28)25-10-17(26)18(27)11-25/h1,3-7,9,17-18,26-27H,10-11H2/t17-,18?/m1/s1. The number of likely N-dealkylation sites (tertiary alicyclic amines) is 1. The number of nitrogens with zero attached hydrogens (tertiary/aromatic N) is 1. The molecule has 0 radical (unpaired) electrons. The lowest BCUT2D eigenvalue weighted by atomic mass is 9.97. The highest BCUT2D eigenvalue weighted by molar-refractivity contribution is 6.30. The normalized spacial score (nSPS) is 19.3. The third-order valence-corrected chi connectivity index (χ3v) is 4.59. The maximum atomic E-state index is 13.5. The first-order chi connectivity index (χ1) is 13.1. The number of benzene rings is 2. The second kappa shape index (κ2) is 7.84. The van der Waals surface area contributed by atoms with E-state index >= 15 is 0 Å². The highest BCUT2D eigenvalue weighted by Crippen LogP contribution is 2.37. The minimum Gasteiger partial charge on any atom is -0.388 e. The molecule has 1 fully saturated rings. The summed E-state index contributed by atoms with van der Waals surface area (Å²) in [7, 11) is 0. The van der Waals surface area contributed by atoms with Crippen molar-refractivity contribution in [1.82, 2.24) is 4.90 Å². The number of β-amino-alcohol motifs (C(OH)–C–C–N with tert-alkyl or cyclic N) is 2. The third-order valence-electron chi connectivity index (χ3n) is 4.34. The Hall–Kier alpha value is -2.53. The molecule has 1 saturated heterocycles. The van der Waals surface area contributed by atoms with Crippen LogP contribution >= 0.6 is 11.6 Å². The number of hydrogen-bond acceptors (Lipinski definition) is 3. The molecule has 0 saturated carbocycles. The number of halogens is 4. The van der Waals surface area contributed by atoms with Crippen molar-refractivity contribution in [3.63, 3.8) is 0 Å². The molecule has 0 bridgehead atoms. The van der Waals surface area contributed by atoms with Gasteiger partial charge in [-0.15, -0.1) is 0 Å². The van der Waals surface area contributed by atoms with Gasteiger partial charge >= 0.3 is 6.18 Å². The van der Waals surface area contributed by atoms with Crippen molar-refractivity contribution in [3.8, 4) is 23.0 Å². The molecule has 2 N–H and O–H groups in total. The molecular formula is C20H15ClF3NO3. The minimum absolute atomic E-state index is 0.0215. The Labute approximate surface area is 164 Å². The number of rotatable bonds is 1. The molecule has 1 amide bonds. The number of aliphatic hydroxyl groups excluding tert-OH is 2. The molecule has 4 nitrogen and oxygen atoms in total. The Bertz CT molecular complexity index is 938. The third kappa shape index (κ3) is 4.47. The molecule has 2 aromatic rings. The molecule has 8 heteroatoms. The SMILES string of the molecule is O=C(C#Cc1ccc(-c2ccc(Cl)cc2)c(C(F)(F)F)c1)N1CC(O)[C@H](O)C1. The summed E-state index contributed by atoms with van der Waals surface area (Å²) in [5.74, 6) is 4.01. The van der Waals surface area contributed by atoms with E-state index in [0.29, 0.717) is 10.6 Å². The molecule has 2 atom stereocenters. The Morgan fingerprint density at radius 1 is 1.07 bits per heavy atom. The van der Waals surface area contributed by atoms with Gasteiger partial charge in [-0.3, -0.25) is 4.79 Å². The van der Waals surface area contributed by atoms with Crippen LogP contribution in [-0.4, -0.2) is 46.3 Å². The second-order valence-electron chi connectivity index (χ2n) is 6.36. The van der Waals surface area contributed by atoms with Gasteiger partial charge in [0, 0.05) is 16.5 Å². The summed E-state index contributed by atoms with van der Waals surface area (Å²) in [6.07, 6.45) is -6.72. The largest absolute Gasteiger partial charge is 0.417 e. The Morgan fingerprint density at radius 2 is 1.68 bits per heavy atom. The van der Waals surface area contributed by atoms with Gasteiger partial charge in [0.2, 0.25) is 0 Å². The minimum atomic E-state index is -4.61. The van der Waals surface area contributed by atoms with Gasteiger partial charge in [0.1, 0.15) is 0 Å². The Kier molecular flexibility index (Phi) is 5.66. The molecule has 3 rings (SSSR count). The van der Waals surface area contributed by atoms with E-state index in [1.54, 1.807) is 0 Å². The number of aliphatic hydroxyl groups is 2. The van der Waals surface area contributed by atoms with Crippen LogP contribution in [-0.2, 0) is 11.0 Å². The van der Waals surface area contributed by atoms with Gasteiger partial charge in [-0.2, -0.15) is 13.2 Å². The lowest BCUT2D eigenvalue weighted by molar-refractivity contribution is -0.137. The van der Waals surface area contributed by atoms with Gasteiger partial charge in [0.15, 0.2) is 0 Å². The molecule has 28 heavy (non-hydrogen) atoms. The summed E-state index contributed by atoms with van der Waals surface area (Å²) in [5, 5.41) is 19.3. The highest BCUT2D eigenvalue weighted by atomic mass is 35.5. The van der Waals surface area contributed by atoms with E-state index < -0.39 is 29.9 Å². The summed E-state index contributed by atoms with van der Waals surface area (Å²) < 4.78 is 40.6. The van der Waals surface area contributed by atoms with E-state index in [0.717, 1.165) is 11.0 Å². The summed E-state index contributed by atoms with van der Waals surface area (Å²) in [6, 6.07) is 9.57. The first-order valence-electron chi connectivity index (χ1n) is 8.29. The fourth-order valence-corrected chi connectivity index (χ4v) is 3.00. The van der Waals surface area contributed by atoms with Crippen molar-refractivity contribution < 1.29 is 28.2 Å². The van der Waals surface area contributed by atoms with Gasteiger partial charge < -0.3 is 15.1 Å². The summed E-state index contributed by atoms with van der Waals surface area (Å²) >= 11 is 5.79. The van der Waals surface area contributed by atoms with Crippen molar-refractivity contribution in [2.45, 2.75) is 18.4 Å². The van der Waals surface area contributed by atoms with Gasteiger partial charge in [-0.25, -0.2) is 0 Å². The van der Waals surface area contributed by atoms with Crippen LogP contribution in [0.15, 0.2) is 42.5 Å². The van der Waals surface area contributed by atoms with Crippen LogP contribution in [0.25, 0.3) is 11.1 Å². The van der Waals surface area contributed by atoms with Crippen LogP contribution in [0, 0.1) is 11.8 Å². The van der Waals surface area contributed by atoms with E-state index in [1.165, 1.54) is 36.4 Å². The first kappa shape index (κ1) is 20.2. The number of alkyl halides is 3. The fourth-order valence-electron chi connectivity index (χ4n) is 2.88. The number of hydrogen-bond donors (Lipinski definition) is 2. The predicted octanol–water partition coefficient (Wildman–Crippen LogP) is 2.94. The van der Waals surface area contributed by atoms with Crippen LogP contribution in [0.2, 0.25) is 5.02 Å². The van der Waals surface area contributed by atoms with Crippen molar-refractivity contribution in [2.24, 2.45) is 0 Å². The zero-order valence-electron chi connectivity index (χ0n) is 14.4. The summed E-state index contributed by atoms with van der Waals surface area (Å²) in [4.78, 5) is 13.2. The van der Waals surface area contributed by atoms with E-state index in [1.807, 2.05) is 0 Å². The molecule has 0 aromatic heterocycles. The lowest BCUT2D eigenvalue weighted by Crippen LogP contribution is -2.28. The molecule has 0 spiro atoms. The van der Waals surface area contributed by atoms with E-state index in [9.17, 15) is 28.2 Å². The molecule has 146 valence electrons. The molecule has 1 aliphatic rings. The maximum Gasteiger partial charge on any atom is 0.417 e. The van der Waals surface area contributed by atoms with Crippen molar-refractivity contribution >= 4 is 17.5 Å². The average molecular weight is 410 g/mol. The van der Waals surface area contributed by atoms with Crippen LogP contribution in [0.4, 0.5) is 13.2 Å². The van der Waals surface area contributed by atoms with Gasteiger partial charge in [-0.05, 0) is 35.4 Å². The smallest absolute Gasteiger partial charge is 0.388 e. The topological polar surface area (TPSA) is 60.8 Å². The molecule has 0 aliphatic carbocycles. The number of carbonyl (C=O) groups is 1. The molecule has 1 heterocycles. The zero-order chi connectivity index (χ0) is 20.5. The second-order valence-corrected chi connectivity index (χ2v) is 6.80. The van der Waals surface area contributed by atoms with E-state index in [4.69, 9.17) is 11.6 Å². The molecule has 1 aliphatic heterocycles. The highest BCUT2D eigenvalue weighted by Gasteiger charge is 2.34. The Morgan fingerprint density at radius 3 is 2.25 bits per heavy atom. The summed E-state index contributed by atoms with van der Waals surface area (Å²) in [5.41, 5.74) is -0.515. The van der Waals surface area contributed by atoms with Gasteiger partial charge in [0.25, 0.3) is 5.91 Å². The summed E-state index contributed by atoms with van der Waals surface area (Å²) in [6.45, 7) is -0.143. The van der Waals surface area contributed by atoms with Gasteiger partial charge in [0.05, 0.1) is 30.9 Å².